The zero-order valence-corrected chi connectivity index (χ0v) is 11.2. The maximum Gasteiger partial charge on any atom is 0.354 e. The van der Waals surface area contributed by atoms with Crippen LogP contribution < -0.4 is 5.32 Å². The number of rotatable bonds is 5. The van der Waals surface area contributed by atoms with E-state index in [4.69, 9.17) is 0 Å². The molecule has 0 saturated heterocycles. The Hall–Kier alpha value is -1.59. The topological polar surface area (TPSA) is 54.1 Å². The SMILES string of the molecule is COC(=O)c1ccc(CN[C@@H](C)c2cccs2)[nH]1. The van der Waals surface area contributed by atoms with Gasteiger partial charge in [-0.25, -0.2) is 4.79 Å². The fourth-order valence-corrected chi connectivity index (χ4v) is 2.43. The van der Waals surface area contributed by atoms with E-state index >= 15 is 0 Å². The van der Waals surface area contributed by atoms with E-state index in [-0.39, 0.29) is 5.97 Å². The molecular formula is C13H16N2O2S. The number of aromatic nitrogens is 1. The first-order valence-electron chi connectivity index (χ1n) is 5.73. The van der Waals surface area contributed by atoms with Gasteiger partial charge in [0.15, 0.2) is 0 Å². The Morgan fingerprint density at radius 2 is 2.33 bits per heavy atom. The molecule has 18 heavy (non-hydrogen) atoms. The first-order valence-corrected chi connectivity index (χ1v) is 6.61. The molecule has 2 rings (SSSR count). The molecule has 2 aromatic heterocycles. The standard InChI is InChI=1S/C13H16N2O2S/c1-9(12-4-3-7-18-12)14-8-10-5-6-11(15-10)13(16)17-2/h3-7,9,14-15H,8H2,1-2H3/t9-/m0/s1. The molecule has 2 aromatic rings. The molecule has 96 valence electrons. The molecule has 0 amide bonds. The average Bonchev–Trinajstić information content (AvgIpc) is 3.05. The molecule has 0 radical (unpaired) electrons. The highest BCUT2D eigenvalue weighted by molar-refractivity contribution is 7.10. The second-order valence-electron chi connectivity index (χ2n) is 4.01. The molecule has 0 unspecified atom stereocenters. The van der Waals surface area contributed by atoms with Gasteiger partial charge in [-0.05, 0) is 30.5 Å². The number of nitrogens with one attached hydrogen (secondary N) is 2. The Labute approximate surface area is 110 Å². The van der Waals surface area contributed by atoms with E-state index in [1.807, 2.05) is 12.1 Å². The lowest BCUT2D eigenvalue weighted by Gasteiger charge is -2.10. The Balaban J connectivity index is 1.90. The van der Waals surface area contributed by atoms with Crippen molar-refractivity contribution in [3.8, 4) is 0 Å². The van der Waals surface area contributed by atoms with Gasteiger partial charge in [0.25, 0.3) is 0 Å². The Morgan fingerprint density at radius 3 is 3.00 bits per heavy atom. The number of carbonyl (C=O) groups excluding carboxylic acids is 1. The number of methoxy groups -OCH3 is 1. The Morgan fingerprint density at radius 1 is 1.50 bits per heavy atom. The van der Waals surface area contributed by atoms with Crippen molar-refractivity contribution in [2.24, 2.45) is 0 Å². The number of thiophene rings is 1. The minimum atomic E-state index is -0.340. The van der Waals surface area contributed by atoms with Crippen LogP contribution in [0.4, 0.5) is 0 Å². The first-order chi connectivity index (χ1) is 8.70. The van der Waals surface area contributed by atoms with E-state index in [1.54, 1.807) is 17.4 Å². The van der Waals surface area contributed by atoms with Crippen molar-refractivity contribution in [3.05, 3.63) is 45.9 Å². The molecule has 0 spiro atoms. The average molecular weight is 264 g/mol. The Bertz CT molecular complexity index is 505. The van der Waals surface area contributed by atoms with Crippen LogP contribution in [0.15, 0.2) is 29.6 Å². The van der Waals surface area contributed by atoms with Crippen molar-refractivity contribution in [1.29, 1.82) is 0 Å². The zero-order chi connectivity index (χ0) is 13.0. The minimum Gasteiger partial charge on any atom is -0.464 e. The van der Waals surface area contributed by atoms with Gasteiger partial charge in [-0.2, -0.15) is 0 Å². The molecule has 2 heterocycles. The highest BCUT2D eigenvalue weighted by Gasteiger charge is 2.09. The summed E-state index contributed by atoms with van der Waals surface area (Å²) in [7, 11) is 1.37. The Kier molecular flexibility index (Phi) is 4.17. The van der Waals surface area contributed by atoms with Gasteiger partial charge in [-0.15, -0.1) is 11.3 Å². The van der Waals surface area contributed by atoms with E-state index < -0.39 is 0 Å². The third-order valence-electron chi connectivity index (χ3n) is 2.72. The number of esters is 1. The van der Waals surface area contributed by atoms with Gasteiger partial charge in [0, 0.05) is 23.2 Å². The number of ether oxygens (including phenoxy) is 1. The normalized spacial score (nSPS) is 12.3. The van der Waals surface area contributed by atoms with Crippen LogP contribution in [0, 0.1) is 0 Å². The number of carbonyl (C=O) groups is 1. The quantitative estimate of drug-likeness (QED) is 0.816. The summed E-state index contributed by atoms with van der Waals surface area (Å²) in [4.78, 5) is 15.6. The highest BCUT2D eigenvalue weighted by Crippen LogP contribution is 2.18. The molecule has 1 atom stereocenters. The maximum atomic E-state index is 11.3. The minimum absolute atomic E-state index is 0.301. The van der Waals surface area contributed by atoms with Crippen LogP contribution in [-0.4, -0.2) is 18.1 Å². The van der Waals surface area contributed by atoms with Crippen LogP contribution in [-0.2, 0) is 11.3 Å². The van der Waals surface area contributed by atoms with Crippen molar-refractivity contribution in [1.82, 2.24) is 10.3 Å². The lowest BCUT2D eigenvalue weighted by Crippen LogP contribution is -2.17. The second-order valence-corrected chi connectivity index (χ2v) is 4.99. The van der Waals surface area contributed by atoms with Crippen molar-refractivity contribution in [2.45, 2.75) is 19.5 Å². The number of hydrogen-bond acceptors (Lipinski definition) is 4. The van der Waals surface area contributed by atoms with E-state index in [2.05, 4.69) is 33.4 Å². The molecular weight excluding hydrogens is 248 g/mol. The van der Waals surface area contributed by atoms with E-state index in [0.717, 1.165) is 5.69 Å². The van der Waals surface area contributed by atoms with Crippen LogP contribution in [0.5, 0.6) is 0 Å². The summed E-state index contributed by atoms with van der Waals surface area (Å²) in [6.07, 6.45) is 0. The summed E-state index contributed by atoms with van der Waals surface area (Å²) >= 11 is 1.73. The molecule has 2 N–H and O–H groups in total. The predicted molar refractivity (Wildman–Crippen MR) is 71.7 cm³/mol. The molecule has 0 aliphatic heterocycles. The largest absolute Gasteiger partial charge is 0.464 e. The van der Waals surface area contributed by atoms with Gasteiger partial charge in [0.2, 0.25) is 0 Å². The van der Waals surface area contributed by atoms with Crippen LogP contribution >= 0.6 is 11.3 Å². The van der Waals surface area contributed by atoms with Crippen molar-refractivity contribution < 1.29 is 9.53 Å². The third kappa shape index (κ3) is 3.00. The number of hydrogen-bond donors (Lipinski definition) is 2. The summed E-state index contributed by atoms with van der Waals surface area (Å²) in [5.41, 5.74) is 1.46. The van der Waals surface area contributed by atoms with Gasteiger partial charge in [0.1, 0.15) is 5.69 Å². The van der Waals surface area contributed by atoms with Crippen molar-refractivity contribution in [2.75, 3.05) is 7.11 Å². The molecule has 0 aliphatic rings. The zero-order valence-electron chi connectivity index (χ0n) is 10.4. The van der Waals surface area contributed by atoms with Crippen molar-refractivity contribution in [3.63, 3.8) is 0 Å². The molecule has 4 nitrogen and oxygen atoms in total. The fourth-order valence-electron chi connectivity index (χ4n) is 1.67. The second kappa shape index (κ2) is 5.84. The highest BCUT2D eigenvalue weighted by atomic mass is 32.1. The predicted octanol–water partition coefficient (Wildman–Crippen LogP) is 2.71. The van der Waals surface area contributed by atoms with E-state index in [1.165, 1.54) is 12.0 Å². The molecule has 0 bridgehead atoms. The van der Waals surface area contributed by atoms with Gasteiger partial charge in [-0.1, -0.05) is 6.07 Å². The lowest BCUT2D eigenvalue weighted by molar-refractivity contribution is 0.0594. The summed E-state index contributed by atoms with van der Waals surface area (Å²) in [5, 5.41) is 5.47. The van der Waals surface area contributed by atoms with Gasteiger partial charge < -0.3 is 15.0 Å². The maximum absolute atomic E-state index is 11.3. The lowest BCUT2D eigenvalue weighted by atomic mass is 10.2. The van der Waals surface area contributed by atoms with Crippen LogP contribution in [0.3, 0.4) is 0 Å². The van der Waals surface area contributed by atoms with Gasteiger partial charge >= 0.3 is 5.97 Å². The summed E-state index contributed by atoms with van der Waals surface area (Å²) in [5.74, 6) is -0.340. The molecule has 5 heteroatoms. The van der Waals surface area contributed by atoms with Crippen LogP contribution in [0.25, 0.3) is 0 Å². The van der Waals surface area contributed by atoms with Gasteiger partial charge in [0.05, 0.1) is 7.11 Å². The van der Waals surface area contributed by atoms with Gasteiger partial charge in [-0.3, -0.25) is 0 Å². The van der Waals surface area contributed by atoms with E-state index in [0.29, 0.717) is 18.3 Å². The van der Waals surface area contributed by atoms with Crippen LogP contribution in [0.1, 0.15) is 34.0 Å². The molecule has 0 saturated carbocycles. The third-order valence-corrected chi connectivity index (χ3v) is 3.78. The smallest absolute Gasteiger partial charge is 0.354 e. The fraction of sp³-hybridized carbons (Fsp3) is 0.308. The van der Waals surface area contributed by atoms with E-state index in [9.17, 15) is 4.79 Å². The summed E-state index contributed by atoms with van der Waals surface area (Å²) in [6.45, 7) is 2.81. The summed E-state index contributed by atoms with van der Waals surface area (Å²) in [6, 6.07) is 8.08. The van der Waals surface area contributed by atoms with Crippen molar-refractivity contribution >= 4 is 17.3 Å². The molecule has 0 aromatic carbocycles. The monoisotopic (exact) mass is 264 g/mol. The first kappa shape index (κ1) is 12.9. The summed E-state index contributed by atoms with van der Waals surface area (Å²) < 4.78 is 4.65. The molecule has 0 fully saturated rings. The molecule has 0 aliphatic carbocycles. The number of aromatic amines is 1. The number of H-pyrrole nitrogens is 1. The van der Waals surface area contributed by atoms with Crippen LogP contribution in [0.2, 0.25) is 0 Å².